The normalized spacial score (nSPS) is 10.0. The van der Waals surface area contributed by atoms with Gasteiger partial charge in [0.15, 0.2) is 0 Å². The molecule has 1 heterocycles. The van der Waals surface area contributed by atoms with Crippen molar-refractivity contribution in [2.24, 2.45) is 0 Å². The van der Waals surface area contributed by atoms with Crippen molar-refractivity contribution < 1.29 is 9.53 Å². The fourth-order valence-electron chi connectivity index (χ4n) is 1.45. The zero-order chi connectivity index (χ0) is 12.3. The fourth-order valence-corrected chi connectivity index (χ4v) is 2.21. The van der Waals surface area contributed by atoms with Gasteiger partial charge in [0.1, 0.15) is 5.75 Å². The molecule has 1 N–H and O–H groups in total. The van der Waals surface area contributed by atoms with E-state index < -0.39 is 0 Å². The molecule has 3 nitrogen and oxygen atoms in total. The Morgan fingerprint density at radius 2 is 2.12 bits per heavy atom. The molecule has 0 saturated carbocycles. The van der Waals surface area contributed by atoms with Crippen molar-refractivity contribution in [3.63, 3.8) is 0 Å². The van der Waals surface area contributed by atoms with Crippen LogP contribution in [0.15, 0.2) is 36.4 Å². The Hall–Kier alpha value is -1.81. The van der Waals surface area contributed by atoms with Crippen LogP contribution in [-0.2, 0) is 0 Å². The molecule has 0 atom stereocenters. The van der Waals surface area contributed by atoms with Crippen molar-refractivity contribution in [3.8, 4) is 5.75 Å². The number of hydrogen-bond donors (Lipinski definition) is 1. The second-order valence-corrected chi connectivity index (χ2v) is 4.88. The van der Waals surface area contributed by atoms with Gasteiger partial charge in [0, 0.05) is 16.6 Å². The quantitative estimate of drug-likeness (QED) is 0.903. The molecule has 2 rings (SSSR count). The van der Waals surface area contributed by atoms with Gasteiger partial charge in [0.25, 0.3) is 5.91 Å². The first-order valence-electron chi connectivity index (χ1n) is 5.21. The number of amides is 1. The summed E-state index contributed by atoms with van der Waals surface area (Å²) in [6.45, 7) is 1.98. The van der Waals surface area contributed by atoms with Gasteiger partial charge in [-0.05, 0) is 31.2 Å². The molecule has 0 aliphatic carbocycles. The molecule has 0 fully saturated rings. The number of hydrogen-bond acceptors (Lipinski definition) is 3. The minimum atomic E-state index is -0.0867. The Labute approximate surface area is 104 Å². The summed E-state index contributed by atoms with van der Waals surface area (Å²) in [4.78, 5) is 13.7. The minimum Gasteiger partial charge on any atom is -0.497 e. The van der Waals surface area contributed by atoms with E-state index in [1.165, 1.54) is 11.3 Å². The smallest absolute Gasteiger partial charge is 0.265 e. The molecule has 0 radical (unpaired) electrons. The highest BCUT2D eigenvalue weighted by atomic mass is 32.1. The van der Waals surface area contributed by atoms with E-state index in [4.69, 9.17) is 4.74 Å². The van der Waals surface area contributed by atoms with E-state index in [0.717, 1.165) is 16.3 Å². The lowest BCUT2D eigenvalue weighted by Gasteiger charge is -2.05. The topological polar surface area (TPSA) is 38.3 Å². The Morgan fingerprint density at radius 1 is 1.29 bits per heavy atom. The predicted octanol–water partition coefficient (Wildman–Crippen LogP) is 3.32. The third-order valence-electron chi connectivity index (χ3n) is 2.29. The summed E-state index contributed by atoms with van der Waals surface area (Å²) >= 11 is 1.48. The molecular formula is C13H13NO2S. The maximum atomic E-state index is 11.9. The molecule has 1 aromatic carbocycles. The van der Waals surface area contributed by atoms with Gasteiger partial charge in [0.05, 0.1) is 12.0 Å². The number of methoxy groups -OCH3 is 1. The molecule has 0 aliphatic heterocycles. The molecule has 17 heavy (non-hydrogen) atoms. The van der Waals surface area contributed by atoms with Crippen LogP contribution >= 0.6 is 11.3 Å². The van der Waals surface area contributed by atoms with Crippen molar-refractivity contribution >= 4 is 22.9 Å². The fraction of sp³-hybridized carbons (Fsp3) is 0.154. The van der Waals surface area contributed by atoms with Crippen LogP contribution in [0.5, 0.6) is 5.75 Å². The van der Waals surface area contributed by atoms with Crippen LogP contribution < -0.4 is 10.1 Å². The van der Waals surface area contributed by atoms with Crippen molar-refractivity contribution in [3.05, 3.63) is 46.2 Å². The van der Waals surface area contributed by atoms with Gasteiger partial charge in [0.2, 0.25) is 0 Å². The van der Waals surface area contributed by atoms with E-state index in [9.17, 15) is 4.79 Å². The molecule has 1 amide bonds. The Bertz CT molecular complexity index is 534. The third kappa shape index (κ3) is 2.85. The highest BCUT2D eigenvalue weighted by molar-refractivity contribution is 7.14. The number of carbonyl (C=O) groups excluding carboxylic acids is 1. The molecule has 0 aliphatic rings. The number of carbonyl (C=O) groups is 1. The predicted molar refractivity (Wildman–Crippen MR) is 70.0 cm³/mol. The summed E-state index contributed by atoms with van der Waals surface area (Å²) in [5.41, 5.74) is 0.736. The molecular weight excluding hydrogens is 234 g/mol. The van der Waals surface area contributed by atoms with Gasteiger partial charge in [-0.1, -0.05) is 6.07 Å². The molecule has 2 aromatic rings. The van der Waals surface area contributed by atoms with Gasteiger partial charge in [-0.15, -0.1) is 11.3 Å². The molecule has 0 unspecified atom stereocenters. The van der Waals surface area contributed by atoms with Crippen LogP contribution in [0, 0.1) is 6.92 Å². The van der Waals surface area contributed by atoms with E-state index in [2.05, 4.69) is 5.32 Å². The van der Waals surface area contributed by atoms with Gasteiger partial charge >= 0.3 is 0 Å². The summed E-state index contributed by atoms with van der Waals surface area (Å²) in [5.74, 6) is 0.640. The molecule has 1 aromatic heterocycles. The lowest BCUT2D eigenvalue weighted by atomic mass is 10.3. The second kappa shape index (κ2) is 5.01. The van der Waals surface area contributed by atoms with Crippen molar-refractivity contribution in [1.82, 2.24) is 0 Å². The Balaban J connectivity index is 2.12. The number of benzene rings is 1. The average molecular weight is 247 g/mol. The lowest BCUT2D eigenvalue weighted by molar-refractivity contribution is 0.103. The van der Waals surface area contributed by atoms with Gasteiger partial charge in [-0.3, -0.25) is 4.79 Å². The van der Waals surface area contributed by atoms with Crippen LogP contribution in [0.1, 0.15) is 14.5 Å². The maximum Gasteiger partial charge on any atom is 0.265 e. The number of ether oxygens (including phenoxy) is 1. The van der Waals surface area contributed by atoms with E-state index >= 15 is 0 Å². The van der Waals surface area contributed by atoms with Crippen LogP contribution in [0.25, 0.3) is 0 Å². The molecule has 88 valence electrons. The monoisotopic (exact) mass is 247 g/mol. The first-order chi connectivity index (χ1) is 8.19. The number of rotatable bonds is 3. The largest absolute Gasteiger partial charge is 0.497 e. The number of aryl methyl sites for hydroxylation is 1. The maximum absolute atomic E-state index is 11.9. The van der Waals surface area contributed by atoms with Gasteiger partial charge in [-0.25, -0.2) is 0 Å². The van der Waals surface area contributed by atoms with Crippen LogP contribution in [-0.4, -0.2) is 13.0 Å². The van der Waals surface area contributed by atoms with Crippen LogP contribution in [0.2, 0.25) is 0 Å². The summed E-state index contributed by atoms with van der Waals surface area (Å²) in [6.07, 6.45) is 0. The van der Waals surface area contributed by atoms with E-state index in [1.807, 2.05) is 37.3 Å². The number of thiophene rings is 1. The molecule has 0 saturated heterocycles. The van der Waals surface area contributed by atoms with E-state index in [-0.39, 0.29) is 5.91 Å². The van der Waals surface area contributed by atoms with E-state index in [1.54, 1.807) is 13.2 Å². The first kappa shape index (κ1) is 11.7. The Morgan fingerprint density at radius 3 is 2.76 bits per heavy atom. The Kier molecular flexibility index (Phi) is 3.44. The zero-order valence-electron chi connectivity index (χ0n) is 9.69. The van der Waals surface area contributed by atoms with Crippen molar-refractivity contribution in [2.75, 3.05) is 12.4 Å². The first-order valence-corrected chi connectivity index (χ1v) is 6.02. The number of anilines is 1. The van der Waals surface area contributed by atoms with Crippen LogP contribution in [0.3, 0.4) is 0 Å². The van der Waals surface area contributed by atoms with Gasteiger partial charge in [-0.2, -0.15) is 0 Å². The molecule has 0 bridgehead atoms. The molecule has 4 heteroatoms. The summed E-state index contributed by atoms with van der Waals surface area (Å²) in [7, 11) is 1.60. The lowest BCUT2D eigenvalue weighted by Crippen LogP contribution is -2.09. The zero-order valence-corrected chi connectivity index (χ0v) is 10.5. The summed E-state index contributed by atoms with van der Waals surface area (Å²) in [5, 5.41) is 2.84. The SMILES string of the molecule is COc1cccc(NC(=O)c2ccc(C)s2)c1. The van der Waals surface area contributed by atoms with Crippen molar-refractivity contribution in [1.29, 1.82) is 0 Å². The second-order valence-electron chi connectivity index (χ2n) is 3.60. The third-order valence-corrected chi connectivity index (χ3v) is 3.29. The average Bonchev–Trinajstić information content (AvgIpc) is 2.76. The summed E-state index contributed by atoms with van der Waals surface area (Å²) in [6, 6.07) is 11.1. The van der Waals surface area contributed by atoms with E-state index in [0.29, 0.717) is 4.88 Å². The standard InChI is InChI=1S/C13H13NO2S/c1-9-6-7-12(17-9)13(15)14-10-4-3-5-11(8-10)16-2/h3-8H,1-2H3,(H,14,15). The van der Waals surface area contributed by atoms with Crippen LogP contribution in [0.4, 0.5) is 5.69 Å². The van der Waals surface area contributed by atoms with Gasteiger partial charge < -0.3 is 10.1 Å². The highest BCUT2D eigenvalue weighted by Crippen LogP contribution is 2.20. The number of nitrogens with one attached hydrogen (secondary N) is 1. The van der Waals surface area contributed by atoms with Crippen molar-refractivity contribution in [2.45, 2.75) is 6.92 Å². The molecule has 0 spiro atoms. The minimum absolute atomic E-state index is 0.0867. The summed E-state index contributed by atoms with van der Waals surface area (Å²) < 4.78 is 5.10. The highest BCUT2D eigenvalue weighted by Gasteiger charge is 2.08.